The molecule has 0 saturated carbocycles. The minimum atomic E-state index is -4.97. The van der Waals surface area contributed by atoms with E-state index < -0.39 is 65.0 Å². The number of carbonyl (C=O) groups excluding carboxylic acids is 1. The number of hydrogen-bond acceptors (Lipinski definition) is 10. The fourth-order valence-electron chi connectivity index (χ4n) is 3.56. The van der Waals surface area contributed by atoms with Gasteiger partial charge in [0.15, 0.2) is 0 Å². The molecule has 2 N–H and O–H groups in total. The zero-order chi connectivity index (χ0) is 29.2. The number of nitrogens with zero attached hydrogens (tertiary/aromatic N) is 7. The lowest BCUT2D eigenvalue weighted by atomic mass is 10.2. The lowest BCUT2D eigenvalue weighted by Crippen LogP contribution is -2.51. The third-order valence-corrected chi connectivity index (χ3v) is 5.42. The van der Waals surface area contributed by atoms with E-state index in [1.165, 1.54) is 11.8 Å². The molecule has 4 heterocycles. The number of rotatable bonds is 7. The van der Waals surface area contributed by atoms with Gasteiger partial charge in [-0.1, -0.05) is 0 Å². The Hall–Kier alpha value is -4.58. The fraction of sp³-hybridized carbons (Fsp3) is 0.381. The highest BCUT2D eigenvalue weighted by atomic mass is 19.4. The van der Waals surface area contributed by atoms with E-state index in [1.54, 1.807) is 5.10 Å². The van der Waals surface area contributed by atoms with E-state index in [-0.39, 0.29) is 31.5 Å². The molecule has 12 nitrogen and oxygen atoms in total. The predicted octanol–water partition coefficient (Wildman–Crippen LogP) is 2.26. The first-order valence-corrected chi connectivity index (χ1v) is 11.3. The molecule has 0 aliphatic carbocycles. The molecule has 3 aromatic heterocycles. The number of ether oxygens (including phenoxy) is 1. The van der Waals surface area contributed by atoms with Crippen LogP contribution in [0.3, 0.4) is 0 Å². The van der Waals surface area contributed by atoms with Gasteiger partial charge in [0, 0.05) is 25.5 Å². The first-order chi connectivity index (χ1) is 18.7. The molecule has 0 bridgehead atoms. The van der Waals surface area contributed by atoms with E-state index >= 15 is 0 Å². The van der Waals surface area contributed by atoms with Gasteiger partial charge >= 0.3 is 12.4 Å². The molecule has 0 aromatic carbocycles. The van der Waals surface area contributed by atoms with E-state index in [0.29, 0.717) is 12.4 Å². The molecule has 4 rings (SSSR count). The van der Waals surface area contributed by atoms with Crippen molar-refractivity contribution < 1.29 is 40.3 Å². The van der Waals surface area contributed by atoms with Crippen molar-refractivity contribution in [1.29, 1.82) is 0 Å². The number of aromatic amines is 1. The number of aromatic nitrogens is 6. The Morgan fingerprint density at radius 2 is 1.68 bits per heavy atom. The quantitative estimate of drug-likeness (QED) is 0.402. The number of nitrogens with one attached hydrogen (secondary N) is 2. The third kappa shape index (κ3) is 6.34. The van der Waals surface area contributed by atoms with Crippen molar-refractivity contribution in [2.75, 3.05) is 41.4 Å². The number of piperazine rings is 1. The Balaban J connectivity index is 1.40. The van der Waals surface area contributed by atoms with Gasteiger partial charge in [0.1, 0.15) is 18.7 Å². The van der Waals surface area contributed by atoms with Gasteiger partial charge in [-0.25, -0.2) is 20.1 Å². The third-order valence-electron chi connectivity index (χ3n) is 5.42. The number of amides is 1. The molecule has 1 atom stereocenters. The molecule has 19 heteroatoms. The van der Waals surface area contributed by atoms with Crippen LogP contribution in [0, 0.1) is 5.82 Å². The average Bonchev–Trinajstić information content (AvgIpc) is 2.87. The molecule has 0 spiro atoms. The number of hydrogen-bond donors (Lipinski definition) is 2. The van der Waals surface area contributed by atoms with Crippen LogP contribution >= 0.6 is 0 Å². The average molecular weight is 577 g/mol. The van der Waals surface area contributed by atoms with Gasteiger partial charge in [-0.3, -0.25) is 14.5 Å². The van der Waals surface area contributed by atoms with Gasteiger partial charge in [-0.05, 0) is 6.92 Å². The minimum Gasteiger partial charge on any atom is -0.473 e. The summed E-state index contributed by atoms with van der Waals surface area (Å²) in [6.07, 6.45) is -6.90. The molecule has 1 aliphatic heterocycles. The first kappa shape index (κ1) is 28.4. The Labute approximate surface area is 219 Å². The van der Waals surface area contributed by atoms with Crippen LogP contribution in [0.15, 0.2) is 29.6 Å². The van der Waals surface area contributed by atoms with Crippen molar-refractivity contribution in [1.82, 2.24) is 30.1 Å². The van der Waals surface area contributed by atoms with E-state index in [1.807, 2.05) is 0 Å². The molecular formula is C21H18F7N9O3. The summed E-state index contributed by atoms with van der Waals surface area (Å²) in [5.41, 5.74) is -4.61. The Kier molecular flexibility index (Phi) is 7.74. The van der Waals surface area contributed by atoms with Crippen molar-refractivity contribution in [2.45, 2.75) is 25.3 Å². The highest BCUT2D eigenvalue weighted by Crippen LogP contribution is 2.32. The molecule has 1 aliphatic rings. The van der Waals surface area contributed by atoms with Gasteiger partial charge in [0.2, 0.25) is 23.6 Å². The maximum atomic E-state index is 14.3. The highest BCUT2D eigenvalue weighted by molar-refractivity contribution is 5.96. The van der Waals surface area contributed by atoms with Crippen LogP contribution in [-0.2, 0) is 17.1 Å². The topological polar surface area (TPSA) is 142 Å². The summed E-state index contributed by atoms with van der Waals surface area (Å²) in [5, 5.41) is 7.46. The summed E-state index contributed by atoms with van der Waals surface area (Å²) in [5.74, 6) is -2.55. The van der Waals surface area contributed by atoms with Gasteiger partial charge in [-0.2, -0.15) is 40.8 Å². The second-order valence-electron chi connectivity index (χ2n) is 8.40. The van der Waals surface area contributed by atoms with Crippen molar-refractivity contribution in [2.24, 2.45) is 0 Å². The van der Waals surface area contributed by atoms with E-state index in [0.717, 1.165) is 17.3 Å². The standard InChI is InChI=1S/C21H18F7N9O3/c1-10(33-13-7-32-35-16(39)15(13)21(26,27)28)9-40-17-12(22)6-31-19(34-17)37-3-2-36(8-14(37)38)18-29-4-11(5-30-18)20(23,24)25/h4-7,10H,2-3,8-9H2,1H3,(H2,33,35,39)/t10-/m0/s1. The second-order valence-corrected chi connectivity index (χ2v) is 8.40. The minimum absolute atomic E-state index is 0.0536. The van der Waals surface area contributed by atoms with E-state index in [4.69, 9.17) is 4.74 Å². The van der Waals surface area contributed by atoms with Gasteiger partial charge < -0.3 is 15.0 Å². The molecule has 3 aromatic rings. The maximum Gasteiger partial charge on any atom is 0.423 e. The van der Waals surface area contributed by atoms with E-state index in [9.17, 15) is 40.3 Å². The van der Waals surface area contributed by atoms with Gasteiger partial charge in [0.05, 0.1) is 29.7 Å². The van der Waals surface area contributed by atoms with Crippen LogP contribution in [0.5, 0.6) is 5.88 Å². The number of alkyl halides is 6. The van der Waals surface area contributed by atoms with Gasteiger partial charge in [-0.15, -0.1) is 0 Å². The molecule has 40 heavy (non-hydrogen) atoms. The van der Waals surface area contributed by atoms with Crippen LogP contribution in [0.2, 0.25) is 0 Å². The zero-order valence-electron chi connectivity index (χ0n) is 20.2. The maximum absolute atomic E-state index is 14.3. The summed E-state index contributed by atoms with van der Waals surface area (Å²) in [7, 11) is 0. The summed E-state index contributed by atoms with van der Waals surface area (Å²) in [6, 6.07) is -0.892. The van der Waals surface area contributed by atoms with Gasteiger partial charge in [0.25, 0.3) is 11.4 Å². The Morgan fingerprint density at radius 1 is 1.00 bits per heavy atom. The number of H-pyrrole nitrogens is 1. The highest BCUT2D eigenvalue weighted by Gasteiger charge is 2.38. The van der Waals surface area contributed by atoms with Crippen molar-refractivity contribution in [3.8, 4) is 5.88 Å². The predicted molar refractivity (Wildman–Crippen MR) is 122 cm³/mol. The van der Waals surface area contributed by atoms with Crippen molar-refractivity contribution in [3.63, 3.8) is 0 Å². The van der Waals surface area contributed by atoms with Crippen LogP contribution < -0.4 is 25.4 Å². The summed E-state index contributed by atoms with van der Waals surface area (Å²) >= 11 is 0. The molecule has 0 radical (unpaired) electrons. The van der Waals surface area contributed by atoms with E-state index in [2.05, 4.69) is 30.4 Å². The molecule has 1 saturated heterocycles. The number of anilines is 3. The molecule has 214 valence electrons. The fourth-order valence-corrected chi connectivity index (χ4v) is 3.56. The Bertz CT molecular complexity index is 1430. The molecule has 1 fully saturated rings. The molecule has 0 unspecified atom stereocenters. The molecule has 1 amide bonds. The normalized spacial score (nSPS) is 15.2. The zero-order valence-corrected chi connectivity index (χ0v) is 20.2. The smallest absolute Gasteiger partial charge is 0.423 e. The second kappa shape index (κ2) is 10.9. The number of carbonyl (C=O) groups is 1. The van der Waals surface area contributed by atoms with Crippen molar-refractivity contribution in [3.05, 3.63) is 52.1 Å². The first-order valence-electron chi connectivity index (χ1n) is 11.3. The van der Waals surface area contributed by atoms with Crippen molar-refractivity contribution >= 4 is 23.5 Å². The van der Waals surface area contributed by atoms with Crippen LogP contribution in [0.25, 0.3) is 0 Å². The SMILES string of the molecule is C[C@@H](COc1nc(N2CCN(c3ncc(C(F)(F)F)cn3)CC2=O)ncc1F)Nc1cn[nH]c(=O)c1C(F)(F)F. The largest absolute Gasteiger partial charge is 0.473 e. The Morgan fingerprint density at radius 3 is 2.30 bits per heavy atom. The summed E-state index contributed by atoms with van der Waals surface area (Å²) in [4.78, 5) is 41.7. The van der Waals surface area contributed by atoms with Crippen LogP contribution in [0.1, 0.15) is 18.1 Å². The summed E-state index contributed by atoms with van der Waals surface area (Å²) in [6.45, 7) is 0.676. The molecular weight excluding hydrogens is 559 g/mol. The monoisotopic (exact) mass is 577 g/mol. The lowest BCUT2D eigenvalue weighted by molar-refractivity contribution is -0.139. The lowest BCUT2D eigenvalue weighted by Gasteiger charge is -2.33. The summed E-state index contributed by atoms with van der Waals surface area (Å²) < 4.78 is 97.5. The van der Waals surface area contributed by atoms with Crippen LogP contribution in [-0.4, -0.2) is 68.3 Å². The number of halogens is 7. The van der Waals surface area contributed by atoms with Crippen LogP contribution in [0.4, 0.5) is 48.3 Å².